The van der Waals surface area contributed by atoms with Crippen LogP contribution in [0.1, 0.15) is 42.7 Å². The Morgan fingerprint density at radius 2 is 1.73 bits per heavy atom. The number of benzene rings is 2. The number of carboxylic acid groups (broad SMARTS) is 1. The standard InChI is InChI=1S/C19H24N2O4S/c1-13(2)12-20-18-10-9-16(11-17(18)19(22)23)26(24,25)21-14(3)15-7-5-4-6-8-15/h4-11,13-14,20-21H,12H2,1-3H3,(H,22,23)/t14-/m1/s1. The first-order valence-electron chi connectivity index (χ1n) is 8.39. The number of aromatic carboxylic acids is 1. The van der Waals surface area contributed by atoms with E-state index >= 15 is 0 Å². The maximum absolute atomic E-state index is 12.6. The van der Waals surface area contributed by atoms with Crippen molar-refractivity contribution in [1.29, 1.82) is 0 Å². The fourth-order valence-corrected chi connectivity index (χ4v) is 3.70. The van der Waals surface area contributed by atoms with Gasteiger partial charge in [0.05, 0.1) is 10.5 Å². The van der Waals surface area contributed by atoms with Gasteiger partial charge in [-0.2, -0.15) is 0 Å². The highest BCUT2D eigenvalue weighted by Gasteiger charge is 2.21. The number of hydrogen-bond acceptors (Lipinski definition) is 4. The van der Waals surface area contributed by atoms with Crippen LogP contribution in [-0.2, 0) is 10.0 Å². The normalized spacial score (nSPS) is 12.8. The molecule has 2 aromatic carbocycles. The minimum atomic E-state index is -3.85. The summed E-state index contributed by atoms with van der Waals surface area (Å²) in [5, 5.41) is 12.5. The zero-order valence-corrected chi connectivity index (χ0v) is 15.9. The molecule has 0 radical (unpaired) electrons. The molecule has 1 atom stereocenters. The van der Waals surface area contributed by atoms with Crippen LogP contribution in [-0.4, -0.2) is 26.0 Å². The van der Waals surface area contributed by atoms with E-state index in [2.05, 4.69) is 10.0 Å². The minimum absolute atomic E-state index is 0.0686. The summed E-state index contributed by atoms with van der Waals surface area (Å²) >= 11 is 0. The van der Waals surface area contributed by atoms with E-state index in [0.717, 1.165) is 5.56 Å². The van der Waals surface area contributed by atoms with Gasteiger partial charge in [-0.1, -0.05) is 44.2 Å². The van der Waals surface area contributed by atoms with Crippen molar-refractivity contribution in [3.63, 3.8) is 0 Å². The smallest absolute Gasteiger partial charge is 0.337 e. The van der Waals surface area contributed by atoms with E-state index in [1.807, 2.05) is 44.2 Å². The summed E-state index contributed by atoms with van der Waals surface area (Å²) in [6, 6.07) is 12.8. The van der Waals surface area contributed by atoms with Crippen LogP contribution in [0.5, 0.6) is 0 Å². The van der Waals surface area contributed by atoms with E-state index in [-0.39, 0.29) is 10.5 Å². The maximum Gasteiger partial charge on any atom is 0.337 e. The molecule has 140 valence electrons. The van der Waals surface area contributed by atoms with Gasteiger partial charge >= 0.3 is 5.97 Å². The summed E-state index contributed by atoms with van der Waals surface area (Å²) in [6.45, 7) is 6.33. The van der Waals surface area contributed by atoms with E-state index in [1.54, 1.807) is 6.92 Å². The highest BCUT2D eigenvalue weighted by atomic mass is 32.2. The van der Waals surface area contributed by atoms with Crippen LogP contribution in [0.4, 0.5) is 5.69 Å². The van der Waals surface area contributed by atoms with Gasteiger partial charge in [0, 0.05) is 18.3 Å². The zero-order valence-electron chi connectivity index (χ0n) is 15.1. The van der Waals surface area contributed by atoms with Gasteiger partial charge < -0.3 is 10.4 Å². The Bertz CT molecular complexity index is 864. The van der Waals surface area contributed by atoms with Crippen molar-refractivity contribution in [1.82, 2.24) is 4.72 Å². The molecule has 0 heterocycles. The van der Waals surface area contributed by atoms with Crippen LogP contribution >= 0.6 is 0 Å². The van der Waals surface area contributed by atoms with Crippen LogP contribution in [0.25, 0.3) is 0 Å². The quantitative estimate of drug-likeness (QED) is 0.655. The van der Waals surface area contributed by atoms with Crippen molar-refractivity contribution in [2.75, 3.05) is 11.9 Å². The molecule has 0 unspecified atom stereocenters. The molecule has 0 spiro atoms. The summed E-state index contributed by atoms with van der Waals surface area (Å²) in [7, 11) is -3.85. The van der Waals surface area contributed by atoms with Gasteiger partial charge in [0.15, 0.2) is 0 Å². The van der Waals surface area contributed by atoms with Gasteiger partial charge in [-0.25, -0.2) is 17.9 Å². The maximum atomic E-state index is 12.6. The Kier molecular flexibility index (Phi) is 6.39. The van der Waals surface area contributed by atoms with Crippen LogP contribution < -0.4 is 10.0 Å². The first-order chi connectivity index (χ1) is 12.2. The number of carboxylic acids is 1. The largest absolute Gasteiger partial charge is 0.478 e. The Hall–Kier alpha value is -2.38. The Morgan fingerprint density at radius 3 is 2.31 bits per heavy atom. The molecule has 0 aliphatic heterocycles. The Labute approximate surface area is 154 Å². The van der Waals surface area contributed by atoms with Crippen LogP contribution in [0.3, 0.4) is 0 Å². The van der Waals surface area contributed by atoms with E-state index in [9.17, 15) is 18.3 Å². The number of nitrogens with one attached hydrogen (secondary N) is 2. The second kappa shape index (κ2) is 8.33. The molecule has 2 aromatic rings. The van der Waals surface area contributed by atoms with Crippen LogP contribution in [0.2, 0.25) is 0 Å². The highest BCUT2D eigenvalue weighted by molar-refractivity contribution is 7.89. The predicted octanol–water partition coefficient (Wildman–Crippen LogP) is 3.49. The van der Waals surface area contributed by atoms with Crippen LogP contribution in [0, 0.1) is 5.92 Å². The molecule has 0 amide bonds. The minimum Gasteiger partial charge on any atom is -0.478 e. The van der Waals surface area contributed by atoms with Gasteiger partial charge in [-0.05, 0) is 36.6 Å². The second-order valence-electron chi connectivity index (χ2n) is 6.54. The fraction of sp³-hybridized carbons (Fsp3) is 0.316. The fourth-order valence-electron chi connectivity index (χ4n) is 2.45. The third-order valence-corrected chi connectivity index (χ3v) is 5.40. The summed E-state index contributed by atoms with van der Waals surface area (Å²) in [5.74, 6) is -0.849. The van der Waals surface area contributed by atoms with Gasteiger partial charge in [-0.15, -0.1) is 0 Å². The highest BCUT2D eigenvalue weighted by Crippen LogP contribution is 2.23. The van der Waals surface area contributed by atoms with Crippen LogP contribution in [0.15, 0.2) is 53.4 Å². The summed E-state index contributed by atoms with van der Waals surface area (Å²) in [4.78, 5) is 11.5. The molecule has 0 saturated heterocycles. The van der Waals surface area contributed by atoms with Gasteiger partial charge in [0.25, 0.3) is 0 Å². The first-order valence-corrected chi connectivity index (χ1v) is 9.87. The van der Waals surface area contributed by atoms with Crippen molar-refractivity contribution in [3.8, 4) is 0 Å². The molecule has 0 aromatic heterocycles. The van der Waals surface area contributed by atoms with E-state index in [0.29, 0.717) is 18.2 Å². The number of anilines is 1. The second-order valence-corrected chi connectivity index (χ2v) is 8.25. The van der Waals surface area contributed by atoms with Crippen molar-refractivity contribution in [3.05, 3.63) is 59.7 Å². The molecule has 0 aliphatic carbocycles. The Balaban J connectivity index is 2.28. The lowest BCUT2D eigenvalue weighted by atomic mass is 10.1. The van der Waals surface area contributed by atoms with E-state index in [4.69, 9.17) is 0 Å². The molecular formula is C19H24N2O4S. The summed E-state index contributed by atoms with van der Waals surface area (Å²) in [5.41, 5.74) is 1.16. The van der Waals surface area contributed by atoms with Crippen molar-refractivity contribution in [2.45, 2.75) is 31.7 Å². The van der Waals surface area contributed by atoms with Gasteiger partial charge in [0.1, 0.15) is 0 Å². The number of sulfonamides is 1. The lowest BCUT2D eigenvalue weighted by Crippen LogP contribution is -2.27. The zero-order chi connectivity index (χ0) is 19.3. The molecule has 26 heavy (non-hydrogen) atoms. The average molecular weight is 376 g/mol. The van der Waals surface area contributed by atoms with Gasteiger partial charge in [0.2, 0.25) is 10.0 Å². The number of hydrogen-bond donors (Lipinski definition) is 3. The Morgan fingerprint density at radius 1 is 1.08 bits per heavy atom. The van der Waals surface area contributed by atoms with E-state index < -0.39 is 22.0 Å². The van der Waals surface area contributed by atoms with Crippen molar-refractivity contribution in [2.24, 2.45) is 5.92 Å². The monoisotopic (exact) mass is 376 g/mol. The molecule has 7 heteroatoms. The molecule has 0 aliphatic rings. The first kappa shape index (κ1) is 19.9. The third-order valence-electron chi connectivity index (χ3n) is 3.86. The number of rotatable bonds is 8. The third kappa shape index (κ3) is 5.06. The lowest BCUT2D eigenvalue weighted by molar-refractivity contribution is 0.0697. The summed E-state index contributed by atoms with van der Waals surface area (Å²) in [6.07, 6.45) is 0. The molecule has 0 bridgehead atoms. The average Bonchev–Trinajstić information content (AvgIpc) is 2.60. The SMILES string of the molecule is CC(C)CNc1ccc(S(=O)(=O)N[C@H](C)c2ccccc2)cc1C(=O)O. The number of carbonyl (C=O) groups is 1. The van der Waals surface area contributed by atoms with Crippen molar-refractivity contribution >= 4 is 21.7 Å². The molecule has 2 rings (SSSR count). The molecular weight excluding hydrogens is 352 g/mol. The topological polar surface area (TPSA) is 95.5 Å². The van der Waals surface area contributed by atoms with Gasteiger partial charge in [-0.3, -0.25) is 0 Å². The molecule has 0 fully saturated rings. The molecule has 0 saturated carbocycles. The molecule has 6 nitrogen and oxygen atoms in total. The lowest BCUT2D eigenvalue weighted by Gasteiger charge is -2.16. The predicted molar refractivity (Wildman–Crippen MR) is 102 cm³/mol. The summed E-state index contributed by atoms with van der Waals surface area (Å²) < 4.78 is 27.9. The van der Waals surface area contributed by atoms with E-state index in [1.165, 1.54) is 18.2 Å². The van der Waals surface area contributed by atoms with Crippen molar-refractivity contribution < 1.29 is 18.3 Å². The molecule has 3 N–H and O–H groups in total.